The predicted molar refractivity (Wildman–Crippen MR) is 83.6 cm³/mol. The number of carbonyl (C=O) groups excluding carboxylic acids is 1. The number of unbranched alkanes of at least 4 members (excludes halogenated alkanes) is 2. The van der Waals surface area contributed by atoms with Gasteiger partial charge >= 0.3 is 0 Å². The van der Waals surface area contributed by atoms with Gasteiger partial charge in [-0.1, -0.05) is 26.2 Å². The topological polar surface area (TPSA) is 60.5 Å². The van der Waals surface area contributed by atoms with Crippen LogP contribution in [-0.4, -0.2) is 30.2 Å². The van der Waals surface area contributed by atoms with Crippen molar-refractivity contribution in [2.75, 3.05) is 19.0 Å². The summed E-state index contributed by atoms with van der Waals surface area (Å²) in [6.45, 7) is 6.40. The van der Waals surface area contributed by atoms with Crippen LogP contribution < -0.4 is 10.1 Å². The van der Waals surface area contributed by atoms with Crippen molar-refractivity contribution in [3.05, 3.63) is 18.3 Å². The number of rotatable bonds is 9. The molecular formula is C16H26N2O3. The molecule has 0 radical (unpaired) electrons. The minimum absolute atomic E-state index is 0.132. The van der Waals surface area contributed by atoms with Crippen molar-refractivity contribution in [3.63, 3.8) is 0 Å². The highest BCUT2D eigenvalue weighted by atomic mass is 16.5. The number of hydrogen-bond acceptors (Lipinski definition) is 4. The Labute approximate surface area is 127 Å². The van der Waals surface area contributed by atoms with E-state index in [1.54, 1.807) is 25.4 Å². The van der Waals surface area contributed by atoms with E-state index in [-0.39, 0.29) is 5.91 Å². The summed E-state index contributed by atoms with van der Waals surface area (Å²) in [5.41, 5.74) is -0.161. The monoisotopic (exact) mass is 294 g/mol. The van der Waals surface area contributed by atoms with E-state index in [0.717, 1.165) is 19.3 Å². The Morgan fingerprint density at radius 2 is 2.10 bits per heavy atom. The molecule has 1 aromatic heterocycles. The fourth-order valence-corrected chi connectivity index (χ4v) is 2.12. The number of aromatic nitrogens is 1. The molecule has 5 nitrogen and oxygen atoms in total. The minimum atomic E-state index is -0.802. The molecule has 118 valence electrons. The highest BCUT2D eigenvalue weighted by Crippen LogP contribution is 2.22. The number of hydrogen-bond donors (Lipinski definition) is 1. The predicted octanol–water partition coefficient (Wildman–Crippen LogP) is 3.40. The molecule has 0 unspecified atom stereocenters. The fourth-order valence-electron chi connectivity index (χ4n) is 2.12. The molecular weight excluding hydrogens is 268 g/mol. The smallest absolute Gasteiger partial charge is 0.256 e. The molecule has 0 fully saturated rings. The van der Waals surface area contributed by atoms with Gasteiger partial charge in [0.25, 0.3) is 5.91 Å². The molecule has 0 saturated carbocycles. The van der Waals surface area contributed by atoms with E-state index < -0.39 is 5.60 Å². The van der Waals surface area contributed by atoms with Gasteiger partial charge < -0.3 is 14.8 Å². The molecule has 1 heterocycles. The van der Waals surface area contributed by atoms with Crippen molar-refractivity contribution in [2.45, 2.75) is 52.1 Å². The van der Waals surface area contributed by atoms with Crippen LogP contribution in [0.4, 0.5) is 5.69 Å². The van der Waals surface area contributed by atoms with E-state index in [1.807, 2.05) is 13.8 Å². The van der Waals surface area contributed by atoms with Gasteiger partial charge in [0.05, 0.1) is 19.0 Å². The van der Waals surface area contributed by atoms with Gasteiger partial charge in [-0.25, -0.2) is 4.98 Å². The molecule has 1 amide bonds. The van der Waals surface area contributed by atoms with E-state index in [0.29, 0.717) is 24.6 Å². The van der Waals surface area contributed by atoms with Crippen LogP contribution in [0.2, 0.25) is 0 Å². The van der Waals surface area contributed by atoms with Gasteiger partial charge in [0, 0.05) is 12.7 Å². The van der Waals surface area contributed by atoms with Crippen LogP contribution in [0.1, 0.15) is 46.5 Å². The molecule has 5 heteroatoms. The van der Waals surface area contributed by atoms with Crippen LogP contribution in [0.25, 0.3) is 0 Å². The molecule has 0 aromatic carbocycles. The van der Waals surface area contributed by atoms with Gasteiger partial charge in [-0.05, 0) is 26.3 Å². The molecule has 0 saturated heterocycles. The summed E-state index contributed by atoms with van der Waals surface area (Å²) >= 11 is 0. The van der Waals surface area contributed by atoms with Crippen LogP contribution in [-0.2, 0) is 9.53 Å². The van der Waals surface area contributed by atoms with Crippen molar-refractivity contribution < 1.29 is 14.3 Å². The summed E-state index contributed by atoms with van der Waals surface area (Å²) in [4.78, 5) is 16.6. The second-order valence-electron chi connectivity index (χ2n) is 5.16. The number of carbonyl (C=O) groups is 1. The molecule has 1 N–H and O–H groups in total. The number of nitrogens with zero attached hydrogens (tertiary/aromatic N) is 1. The zero-order chi connectivity index (χ0) is 15.7. The molecule has 0 aliphatic carbocycles. The molecule has 21 heavy (non-hydrogen) atoms. The molecule has 0 spiro atoms. The van der Waals surface area contributed by atoms with E-state index >= 15 is 0 Å². The minimum Gasteiger partial charge on any atom is -0.481 e. The molecule has 1 atom stereocenters. The average Bonchev–Trinajstić information content (AvgIpc) is 2.48. The first-order valence-corrected chi connectivity index (χ1v) is 7.51. The number of amides is 1. The summed E-state index contributed by atoms with van der Waals surface area (Å²) in [6, 6.07) is 3.48. The summed E-state index contributed by atoms with van der Waals surface area (Å²) < 4.78 is 10.7. The lowest BCUT2D eigenvalue weighted by molar-refractivity contribution is -0.139. The van der Waals surface area contributed by atoms with Crippen molar-refractivity contribution in [1.29, 1.82) is 0 Å². The van der Waals surface area contributed by atoms with Crippen molar-refractivity contribution >= 4 is 11.6 Å². The zero-order valence-electron chi connectivity index (χ0n) is 13.4. The van der Waals surface area contributed by atoms with Crippen LogP contribution >= 0.6 is 0 Å². The lowest BCUT2D eigenvalue weighted by Crippen LogP contribution is -2.42. The van der Waals surface area contributed by atoms with Crippen LogP contribution in [0, 0.1) is 0 Å². The Balaban J connectivity index is 2.70. The third-order valence-electron chi connectivity index (χ3n) is 3.40. The molecule has 0 aliphatic rings. The van der Waals surface area contributed by atoms with Crippen LogP contribution in [0.3, 0.4) is 0 Å². The highest BCUT2D eigenvalue weighted by molar-refractivity contribution is 5.96. The first-order valence-electron chi connectivity index (χ1n) is 7.51. The van der Waals surface area contributed by atoms with Crippen molar-refractivity contribution in [3.8, 4) is 5.88 Å². The largest absolute Gasteiger partial charge is 0.481 e. The Hall–Kier alpha value is -1.62. The summed E-state index contributed by atoms with van der Waals surface area (Å²) in [7, 11) is 1.56. The number of methoxy groups -OCH3 is 1. The Bertz CT molecular complexity index is 434. The quantitative estimate of drug-likeness (QED) is 0.709. The van der Waals surface area contributed by atoms with Gasteiger partial charge in [0.1, 0.15) is 5.60 Å². The molecule has 0 bridgehead atoms. The third-order valence-corrected chi connectivity index (χ3v) is 3.40. The summed E-state index contributed by atoms with van der Waals surface area (Å²) in [6.07, 6.45) is 5.48. The number of pyridine rings is 1. The van der Waals surface area contributed by atoms with Gasteiger partial charge in [-0.15, -0.1) is 0 Å². The van der Waals surface area contributed by atoms with Gasteiger partial charge in [0.2, 0.25) is 5.88 Å². The lowest BCUT2D eigenvalue weighted by atomic mass is 9.96. The second kappa shape index (κ2) is 8.62. The SMILES string of the molecule is CCCCC[C@](C)(OCC)C(=O)Nc1ccc(OC)nc1. The number of ether oxygens (including phenoxy) is 2. The summed E-state index contributed by atoms with van der Waals surface area (Å²) in [5.74, 6) is 0.385. The second-order valence-corrected chi connectivity index (χ2v) is 5.16. The first-order chi connectivity index (χ1) is 10.1. The molecule has 1 aromatic rings. The van der Waals surface area contributed by atoms with E-state index in [9.17, 15) is 4.79 Å². The van der Waals surface area contributed by atoms with E-state index in [2.05, 4.69) is 17.2 Å². The Morgan fingerprint density at radius 3 is 2.62 bits per heavy atom. The fraction of sp³-hybridized carbons (Fsp3) is 0.625. The van der Waals surface area contributed by atoms with Crippen molar-refractivity contribution in [1.82, 2.24) is 4.98 Å². The Kier molecular flexibility index (Phi) is 7.15. The van der Waals surface area contributed by atoms with Gasteiger partial charge in [0.15, 0.2) is 0 Å². The van der Waals surface area contributed by atoms with Gasteiger partial charge in [-0.2, -0.15) is 0 Å². The maximum atomic E-state index is 12.5. The van der Waals surface area contributed by atoms with Crippen LogP contribution in [0.15, 0.2) is 18.3 Å². The third kappa shape index (κ3) is 5.34. The highest BCUT2D eigenvalue weighted by Gasteiger charge is 2.33. The van der Waals surface area contributed by atoms with E-state index in [4.69, 9.17) is 9.47 Å². The van der Waals surface area contributed by atoms with Crippen LogP contribution in [0.5, 0.6) is 5.88 Å². The Morgan fingerprint density at radius 1 is 1.33 bits per heavy atom. The summed E-state index contributed by atoms with van der Waals surface area (Å²) in [5, 5.41) is 2.86. The number of nitrogens with one attached hydrogen (secondary N) is 1. The molecule has 0 aliphatic heterocycles. The molecule has 1 rings (SSSR count). The normalized spacial score (nSPS) is 13.5. The van der Waals surface area contributed by atoms with Crippen molar-refractivity contribution in [2.24, 2.45) is 0 Å². The number of anilines is 1. The maximum Gasteiger partial charge on any atom is 0.256 e. The lowest BCUT2D eigenvalue weighted by Gasteiger charge is -2.28. The van der Waals surface area contributed by atoms with E-state index in [1.165, 1.54) is 0 Å². The van der Waals surface area contributed by atoms with Gasteiger partial charge in [-0.3, -0.25) is 4.79 Å². The standard InChI is InChI=1S/C16H26N2O3/c1-5-7-8-11-16(3,21-6-2)15(19)18-13-9-10-14(20-4)17-12-13/h9-10,12H,5-8,11H2,1-4H3,(H,18,19)/t16-/m0/s1. The first kappa shape index (κ1) is 17.4. The zero-order valence-corrected chi connectivity index (χ0v) is 13.4. The maximum absolute atomic E-state index is 12.5. The average molecular weight is 294 g/mol.